The quantitative estimate of drug-likeness (QED) is 0.431. The summed E-state index contributed by atoms with van der Waals surface area (Å²) in [6.45, 7) is 0. The number of carboxylic acids is 1. The number of aliphatic hydroxyl groups excluding tert-OH is 2. The third kappa shape index (κ3) is 5.04. The topological polar surface area (TPSA) is 113 Å². The van der Waals surface area contributed by atoms with E-state index in [1.54, 1.807) is 12.2 Å². The Morgan fingerprint density at radius 2 is 2.10 bits per heavy atom. The number of ketones is 1. The van der Waals surface area contributed by atoms with Crippen molar-refractivity contribution in [3.63, 3.8) is 0 Å². The molecule has 0 unspecified atom stereocenters. The molecule has 1 saturated carbocycles. The van der Waals surface area contributed by atoms with Crippen LogP contribution in [-0.2, 0) is 16.6 Å². The molecule has 1 aromatic heterocycles. The van der Waals surface area contributed by atoms with E-state index in [0.29, 0.717) is 25.1 Å². The molecule has 0 amide bonds. The van der Waals surface area contributed by atoms with E-state index in [9.17, 15) is 19.8 Å². The number of aryl methyl sites for hydroxylation is 1. The molecule has 1 heterocycles. The zero-order valence-electron chi connectivity index (χ0n) is 17.0. The lowest BCUT2D eigenvalue weighted by Gasteiger charge is -2.17. The Hall–Kier alpha value is -2.77. The van der Waals surface area contributed by atoms with Crippen molar-refractivity contribution >= 4 is 22.8 Å². The molecule has 30 heavy (non-hydrogen) atoms. The highest BCUT2D eigenvalue weighted by Gasteiger charge is 2.39. The summed E-state index contributed by atoms with van der Waals surface area (Å²) in [5, 5.41) is 29.6. The molecule has 3 N–H and O–H groups in total. The van der Waals surface area contributed by atoms with E-state index in [2.05, 4.69) is 4.98 Å². The zero-order valence-corrected chi connectivity index (χ0v) is 17.0. The van der Waals surface area contributed by atoms with Gasteiger partial charge in [-0.25, -0.2) is 4.98 Å². The van der Waals surface area contributed by atoms with Gasteiger partial charge in [0.05, 0.1) is 17.1 Å². The van der Waals surface area contributed by atoms with Gasteiger partial charge < -0.3 is 19.9 Å². The molecule has 7 nitrogen and oxygen atoms in total. The Labute approximate surface area is 175 Å². The molecule has 2 aromatic rings. The number of aliphatic carboxylic acids is 1. The summed E-state index contributed by atoms with van der Waals surface area (Å²) < 4.78 is 1.83. The number of carbonyl (C=O) groups is 2. The fourth-order valence-corrected chi connectivity index (χ4v) is 4.01. The summed E-state index contributed by atoms with van der Waals surface area (Å²) in [5.41, 5.74) is 1.71. The van der Waals surface area contributed by atoms with Gasteiger partial charge in [-0.1, -0.05) is 36.4 Å². The maximum atomic E-state index is 12.4. The molecule has 1 aromatic carbocycles. The number of allylic oxidation sites excluding steroid dienone is 3. The molecule has 3 rings (SSSR count). The third-order valence-electron chi connectivity index (χ3n) is 5.66. The number of aromatic nitrogens is 2. The lowest BCUT2D eigenvalue weighted by molar-refractivity contribution is -0.137. The minimum Gasteiger partial charge on any atom is -0.481 e. The summed E-state index contributed by atoms with van der Waals surface area (Å²) in [6, 6.07) is 7.61. The fourth-order valence-electron chi connectivity index (χ4n) is 4.01. The Balaban J connectivity index is 1.65. The van der Waals surface area contributed by atoms with Crippen LogP contribution in [0.1, 0.15) is 44.0 Å². The van der Waals surface area contributed by atoms with Crippen molar-refractivity contribution in [2.24, 2.45) is 18.9 Å². The van der Waals surface area contributed by atoms with Gasteiger partial charge in [0.25, 0.3) is 0 Å². The standard InChI is InChI=1S/C23H28N2O5/c1-25-18-10-7-6-9-17(18)24-23(25)19(26)13-12-16-15(20(27)14-21(16)28)8-4-2-3-5-11-22(29)30/h2,4,6-7,9-10,12-13,15-16,19-20,26-27H,3,5,8,11,14H2,1H3,(H,29,30)/b4-2-,13-12+/t15-,16-,19-,20+/m1/s1. The van der Waals surface area contributed by atoms with Gasteiger partial charge in [-0.05, 0) is 31.4 Å². The highest BCUT2D eigenvalue weighted by molar-refractivity contribution is 5.86. The monoisotopic (exact) mass is 412 g/mol. The fraction of sp³-hybridized carbons (Fsp3) is 0.435. The van der Waals surface area contributed by atoms with Gasteiger partial charge in [-0.2, -0.15) is 0 Å². The second kappa shape index (κ2) is 9.82. The van der Waals surface area contributed by atoms with Gasteiger partial charge in [0.15, 0.2) is 0 Å². The van der Waals surface area contributed by atoms with Crippen LogP contribution in [0, 0.1) is 11.8 Å². The van der Waals surface area contributed by atoms with Gasteiger partial charge in [0.2, 0.25) is 0 Å². The average Bonchev–Trinajstić information content (AvgIpc) is 3.18. The van der Waals surface area contributed by atoms with Crippen LogP contribution in [-0.4, -0.2) is 42.7 Å². The summed E-state index contributed by atoms with van der Waals surface area (Å²) in [6.07, 6.45) is 7.35. The Kier molecular flexibility index (Phi) is 7.18. The highest BCUT2D eigenvalue weighted by atomic mass is 16.4. The average molecular weight is 412 g/mol. The first-order valence-electron chi connectivity index (χ1n) is 10.2. The lowest BCUT2D eigenvalue weighted by Crippen LogP contribution is -2.18. The molecule has 1 aliphatic carbocycles. The highest BCUT2D eigenvalue weighted by Crippen LogP contribution is 2.34. The molecule has 0 saturated heterocycles. The van der Waals surface area contributed by atoms with E-state index in [0.717, 1.165) is 11.0 Å². The molecule has 160 valence electrons. The van der Waals surface area contributed by atoms with Crippen molar-refractivity contribution in [2.45, 2.75) is 44.3 Å². The maximum absolute atomic E-state index is 12.4. The number of benzene rings is 1. The van der Waals surface area contributed by atoms with Gasteiger partial charge in [0.1, 0.15) is 17.7 Å². The molecule has 7 heteroatoms. The summed E-state index contributed by atoms with van der Waals surface area (Å²) in [5.74, 6) is -1.08. The number of hydrogen-bond donors (Lipinski definition) is 3. The SMILES string of the molecule is Cn1c([C@H](O)/C=C/[C@H]2C(=O)C[C@H](O)[C@@H]2C/C=C\CCCC(=O)O)nc2ccccc21. The number of carboxylic acid groups (broad SMARTS) is 1. The number of para-hydroxylation sites is 2. The number of nitrogens with zero attached hydrogens (tertiary/aromatic N) is 2. The van der Waals surface area contributed by atoms with E-state index in [1.807, 2.05) is 48.0 Å². The molecule has 0 aliphatic heterocycles. The van der Waals surface area contributed by atoms with Crippen LogP contribution in [0.5, 0.6) is 0 Å². The molecule has 1 aliphatic rings. The van der Waals surface area contributed by atoms with E-state index in [-0.39, 0.29) is 24.5 Å². The predicted molar refractivity (Wildman–Crippen MR) is 113 cm³/mol. The second-order valence-corrected chi connectivity index (χ2v) is 7.77. The Morgan fingerprint density at radius 1 is 1.33 bits per heavy atom. The van der Waals surface area contributed by atoms with E-state index < -0.39 is 24.1 Å². The zero-order chi connectivity index (χ0) is 21.7. The smallest absolute Gasteiger partial charge is 0.303 e. The number of Topliss-reactive ketones (excluding diaryl/α,β-unsaturated/α-hetero) is 1. The van der Waals surface area contributed by atoms with Crippen LogP contribution in [0.15, 0.2) is 48.6 Å². The Bertz CT molecular complexity index is 962. The van der Waals surface area contributed by atoms with Crippen molar-refractivity contribution in [2.75, 3.05) is 0 Å². The molecular formula is C23H28N2O5. The number of hydrogen-bond acceptors (Lipinski definition) is 5. The number of aliphatic hydroxyl groups is 2. The molecule has 4 atom stereocenters. The first-order chi connectivity index (χ1) is 14.4. The van der Waals surface area contributed by atoms with Crippen molar-refractivity contribution in [1.29, 1.82) is 0 Å². The summed E-state index contributed by atoms with van der Waals surface area (Å²) >= 11 is 0. The number of rotatable bonds is 9. The van der Waals surface area contributed by atoms with Gasteiger partial charge in [-0.15, -0.1) is 0 Å². The van der Waals surface area contributed by atoms with Crippen LogP contribution in [0.3, 0.4) is 0 Å². The van der Waals surface area contributed by atoms with Gasteiger partial charge in [-0.3, -0.25) is 9.59 Å². The van der Waals surface area contributed by atoms with Crippen LogP contribution in [0.4, 0.5) is 0 Å². The number of fused-ring (bicyclic) bond motifs is 1. The van der Waals surface area contributed by atoms with Crippen molar-refractivity contribution < 1.29 is 24.9 Å². The maximum Gasteiger partial charge on any atom is 0.303 e. The first kappa shape index (κ1) is 21.9. The number of imidazole rings is 1. The molecule has 0 bridgehead atoms. The van der Waals surface area contributed by atoms with E-state index in [1.165, 1.54) is 0 Å². The van der Waals surface area contributed by atoms with Crippen molar-refractivity contribution in [3.05, 3.63) is 54.4 Å². The molecule has 0 spiro atoms. The minimum atomic E-state index is -0.958. The Morgan fingerprint density at radius 3 is 2.83 bits per heavy atom. The van der Waals surface area contributed by atoms with Crippen LogP contribution in [0.25, 0.3) is 11.0 Å². The van der Waals surface area contributed by atoms with Crippen LogP contribution >= 0.6 is 0 Å². The van der Waals surface area contributed by atoms with Crippen molar-refractivity contribution in [1.82, 2.24) is 9.55 Å². The van der Waals surface area contributed by atoms with Crippen molar-refractivity contribution in [3.8, 4) is 0 Å². The van der Waals surface area contributed by atoms with E-state index >= 15 is 0 Å². The predicted octanol–water partition coefficient (Wildman–Crippen LogP) is 2.93. The minimum absolute atomic E-state index is 0.0415. The molecule has 1 fully saturated rings. The van der Waals surface area contributed by atoms with Gasteiger partial charge >= 0.3 is 5.97 Å². The second-order valence-electron chi connectivity index (χ2n) is 7.77. The summed E-state index contributed by atoms with van der Waals surface area (Å²) in [4.78, 5) is 27.4. The van der Waals surface area contributed by atoms with Crippen LogP contribution < -0.4 is 0 Å². The first-order valence-corrected chi connectivity index (χ1v) is 10.2. The normalized spacial score (nSPS) is 23.2. The molecule has 0 radical (unpaired) electrons. The third-order valence-corrected chi connectivity index (χ3v) is 5.66. The lowest BCUT2D eigenvalue weighted by atomic mass is 9.90. The van der Waals surface area contributed by atoms with Gasteiger partial charge in [0, 0.05) is 31.7 Å². The number of unbranched alkanes of at least 4 members (excludes halogenated alkanes) is 1. The molecular weight excluding hydrogens is 384 g/mol. The summed E-state index contributed by atoms with van der Waals surface area (Å²) in [7, 11) is 1.84. The van der Waals surface area contributed by atoms with Crippen LogP contribution in [0.2, 0.25) is 0 Å². The van der Waals surface area contributed by atoms with E-state index in [4.69, 9.17) is 5.11 Å². The number of carbonyl (C=O) groups excluding carboxylic acids is 1. The largest absolute Gasteiger partial charge is 0.481 e.